The van der Waals surface area contributed by atoms with Crippen molar-refractivity contribution in [3.05, 3.63) is 0 Å². The van der Waals surface area contributed by atoms with E-state index in [9.17, 15) is 5.11 Å². The van der Waals surface area contributed by atoms with Gasteiger partial charge in [0.1, 0.15) is 0 Å². The van der Waals surface area contributed by atoms with Crippen LogP contribution in [0.15, 0.2) is 0 Å². The molecule has 3 rings (SSSR count). The first-order chi connectivity index (χ1) is 9.16. The van der Waals surface area contributed by atoms with Gasteiger partial charge in [0, 0.05) is 12.1 Å². The Morgan fingerprint density at radius 1 is 0.947 bits per heavy atom. The molecular weight excluding hydrogens is 234 g/mol. The normalized spacial score (nSPS) is 48.8. The molecule has 0 radical (unpaired) electrons. The number of nitrogens with zero attached hydrogens (tertiary/aromatic N) is 1. The van der Waals surface area contributed by atoms with Crippen LogP contribution in [0.3, 0.4) is 0 Å². The minimum atomic E-state index is -0.0839. The van der Waals surface area contributed by atoms with Gasteiger partial charge >= 0.3 is 0 Å². The van der Waals surface area contributed by atoms with Crippen molar-refractivity contribution < 1.29 is 5.11 Å². The zero-order valence-corrected chi connectivity index (χ0v) is 12.7. The molecule has 6 atom stereocenters. The van der Waals surface area contributed by atoms with Gasteiger partial charge in [0.15, 0.2) is 0 Å². The van der Waals surface area contributed by atoms with Crippen molar-refractivity contribution in [2.24, 2.45) is 17.8 Å². The van der Waals surface area contributed by atoms with Crippen LogP contribution < -0.4 is 0 Å². The third kappa shape index (κ3) is 2.71. The first-order valence-corrected chi connectivity index (χ1v) is 8.60. The lowest BCUT2D eigenvalue weighted by molar-refractivity contribution is -0.0735. The molecule has 2 nitrogen and oxygen atoms in total. The lowest BCUT2D eigenvalue weighted by Gasteiger charge is -2.52. The Bertz CT molecular complexity index is 292. The lowest BCUT2D eigenvalue weighted by Crippen LogP contribution is -2.59. The fraction of sp³-hybridized carbons (Fsp3) is 1.00. The lowest BCUT2D eigenvalue weighted by atomic mass is 9.72. The Hall–Kier alpha value is -0.0800. The highest BCUT2D eigenvalue weighted by Crippen LogP contribution is 2.41. The minimum Gasteiger partial charge on any atom is -0.391 e. The van der Waals surface area contributed by atoms with E-state index in [2.05, 4.69) is 18.7 Å². The second-order valence-corrected chi connectivity index (χ2v) is 7.60. The standard InChI is InChI=1S/C17H31NO/c1-12-10-13(2)17(16(19)11-12)18-9-5-7-14-6-3-4-8-15(14)18/h12-17,19H,3-11H2,1-2H3/t12?,13?,14-,15-,16?,17?/m1/s1. The topological polar surface area (TPSA) is 23.5 Å². The smallest absolute Gasteiger partial charge is 0.0700 e. The fourth-order valence-corrected chi connectivity index (χ4v) is 5.38. The van der Waals surface area contributed by atoms with Gasteiger partial charge in [0.05, 0.1) is 6.10 Å². The van der Waals surface area contributed by atoms with Crippen LogP contribution in [-0.4, -0.2) is 34.7 Å². The van der Waals surface area contributed by atoms with Crippen molar-refractivity contribution in [3.63, 3.8) is 0 Å². The summed E-state index contributed by atoms with van der Waals surface area (Å²) in [4.78, 5) is 2.74. The molecule has 2 saturated carbocycles. The average molecular weight is 265 g/mol. The van der Waals surface area contributed by atoms with Gasteiger partial charge in [-0.25, -0.2) is 0 Å². The van der Waals surface area contributed by atoms with E-state index in [-0.39, 0.29) is 6.10 Å². The number of aliphatic hydroxyl groups excluding tert-OH is 1. The molecule has 0 aromatic carbocycles. The van der Waals surface area contributed by atoms with Crippen molar-refractivity contribution >= 4 is 0 Å². The zero-order valence-electron chi connectivity index (χ0n) is 12.7. The molecule has 0 amide bonds. The number of likely N-dealkylation sites (tertiary alicyclic amines) is 1. The summed E-state index contributed by atoms with van der Waals surface area (Å²) in [6.45, 7) is 5.91. The van der Waals surface area contributed by atoms with Crippen LogP contribution in [0.25, 0.3) is 0 Å². The van der Waals surface area contributed by atoms with Crippen molar-refractivity contribution in [2.45, 2.75) is 83.4 Å². The Kier molecular flexibility index (Phi) is 4.19. The monoisotopic (exact) mass is 265 g/mol. The first-order valence-electron chi connectivity index (χ1n) is 8.60. The summed E-state index contributed by atoms with van der Waals surface area (Å²) in [7, 11) is 0. The Morgan fingerprint density at radius 2 is 1.68 bits per heavy atom. The maximum absolute atomic E-state index is 10.6. The third-order valence-corrected chi connectivity index (χ3v) is 6.06. The third-order valence-electron chi connectivity index (χ3n) is 6.06. The quantitative estimate of drug-likeness (QED) is 0.785. The molecular formula is C17H31NO. The van der Waals surface area contributed by atoms with Crippen LogP contribution in [0.1, 0.15) is 65.2 Å². The van der Waals surface area contributed by atoms with Gasteiger partial charge in [-0.15, -0.1) is 0 Å². The summed E-state index contributed by atoms with van der Waals surface area (Å²) < 4.78 is 0. The van der Waals surface area contributed by atoms with Gasteiger partial charge in [-0.2, -0.15) is 0 Å². The second kappa shape index (κ2) is 5.73. The van der Waals surface area contributed by atoms with E-state index in [0.717, 1.165) is 18.4 Å². The van der Waals surface area contributed by atoms with E-state index in [1.165, 1.54) is 51.5 Å². The number of aliphatic hydroxyl groups is 1. The summed E-state index contributed by atoms with van der Waals surface area (Å²) in [6.07, 6.45) is 10.7. The number of fused-ring (bicyclic) bond motifs is 1. The molecule has 1 N–H and O–H groups in total. The van der Waals surface area contributed by atoms with Crippen molar-refractivity contribution in [3.8, 4) is 0 Å². The molecule has 3 fully saturated rings. The second-order valence-electron chi connectivity index (χ2n) is 7.60. The number of rotatable bonds is 1. The van der Waals surface area contributed by atoms with Crippen LogP contribution >= 0.6 is 0 Å². The SMILES string of the molecule is CC1CC(C)C(N2CCC[C@H]3CCCC[C@H]32)C(O)C1. The van der Waals surface area contributed by atoms with E-state index in [0.29, 0.717) is 17.9 Å². The molecule has 2 heteroatoms. The Balaban J connectivity index is 1.75. The average Bonchev–Trinajstić information content (AvgIpc) is 2.38. The predicted molar refractivity (Wildman–Crippen MR) is 79.0 cm³/mol. The summed E-state index contributed by atoms with van der Waals surface area (Å²) in [5.74, 6) is 2.30. The van der Waals surface area contributed by atoms with Gasteiger partial charge in [-0.05, 0) is 62.8 Å². The summed E-state index contributed by atoms with van der Waals surface area (Å²) >= 11 is 0. The summed E-state index contributed by atoms with van der Waals surface area (Å²) in [5, 5.41) is 10.6. The van der Waals surface area contributed by atoms with Crippen molar-refractivity contribution in [2.75, 3.05) is 6.54 Å². The zero-order chi connectivity index (χ0) is 13.4. The fourth-order valence-electron chi connectivity index (χ4n) is 5.38. The molecule has 0 aromatic rings. The van der Waals surface area contributed by atoms with Crippen LogP contribution in [0.2, 0.25) is 0 Å². The molecule has 19 heavy (non-hydrogen) atoms. The van der Waals surface area contributed by atoms with Gasteiger partial charge in [0.2, 0.25) is 0 Å². The van der Waals surface area contributed by atoms with Crippen LogP contribution in [0, 0.1) is 17.8 Å². The van der Waals surface area contributed by atoms with E-state index in [4.69, 9.17) is 0 Å². The molecule has 0 spiro atoms. The molecule has 1 saturated heterocycles. The Labute approximate surface area is 118 Å². The van der Waals surface area contributed by atoms with E-state index < -0.39 is 0 Å². The van der Waals surface area contributed by atoms with Gasteiger partial charge in [-0.1, -0.05) is 26.7 Å². The number of hydrogen-bond donors (Lipinski definition) is 1. The molecule has 0 aromatic heterocycles. The van der Waals surface area contributed by atoms with Crippen LogP contribution in [-0.2, 0) is 0 Å². The highest BCUT2D eigenvalue weighted by Gasteiger charge is 2.43. The number of piperidine rings is 1. The largest absolute Gasteiger partial charge is 0.391 e. The van der Waals surface area contributed by atoms with Crippen LogP contribution in [0.4, 0.5) is 0 Å². The molecule has 1 heterocycles. The molecule has 4 unspecified atom stereocenters. The van der Waals surface area contributed by atoms with Gasteiger partial charge in [-0.3, -0.25) is 4.90 Å². The number of hydrogen-bond acceptors (Lipinski definition) is 2. The molecule has 3 aliphatic rings. The maximum atomic E-state index is 10.6. The molecule has 1 aliphatic heterocycles. The van der Waals surface area contributed by atoms with Crippen molar-refractivity contribution in [1.82, 2.24) is 4.90 Å². The summed E-state index contributed by atoms with van der Waals surface area (Å²) in [5.41, 5.74) is 0. The molecule has 110 valence electrons. The predicted octanol–water partition coefficient (Wildman–Crippen LogP) is 3.44. The van der Waals surface area contributed by atoms with E-state index in [1.54, 1.807) is 0 Å². The van der Waals surface area contributed by atoms with Gasteiger partial charge < -0.3 is 5.11 Å². The molecule has 2 aliphatic carbocycles. The van der Waals surface area contributed by atoms with Crippen LogP contribution in [0.5, 0.6) is 0 Å². The maximum Gasteiger partial charge on any atom is 0.0700 e. The van der Waals surface area contributed by atoms with Crippen molar-refractivity contribution in [1.29, 1.82) is 0 Å². The highest BCUT2D eigenvalue weighted by atomic mass is 16.3. The van der Waals surface area contributed by atoms with Gasteiger partial charge in [0.25, 0.3) is 0 Å². The highest BCUT2D eigenvalue weighted by molar-refractivity contribution is 4.96. The van der Waals surface area contributed by atoms with E-state index >= 15 is 0 Å². The Morgan fingerprint density at radius 3 is 2.47 bits per heavy atom. The molecule has 0 bridgehead atoms. The first kappa shape index (κ1) is 13.9. The minimum absolute atomic E-state index is 0.0839. The summed E-state index contributed by atoms with van der Waals surface area (Å²) in [6, 6.07) is 1.24. The van der Waals surface area contributed by atoms with E-state index in [1.807, 2.05) is 0 Å².